The van der Waals surface area contributed by atoms with E-state index >= 15 is 0 Å². The largest absolute Gasteiger partial charge is 0.330 e. The fraction of sp³-hybridized carbons (Fsp3) is 0.438. The van der Waals surface area contributed by atoms with Gasteiger partial charge in [-0.25, -0.2) is 4.98 Å². The Bertz CT molecular complexity index is 550. The van der Waals surface area contributed by atoms with Crippen molar-refractivity contribution in [3.8, 4) is 0 Å². The first-order valence-electron chi connectivity index (χ1n) is 7.02. The van der Waals surface area contributed by atoms with E-state index in [1.807, 2.05) is 6.33 Å². The Morgan fingerprint density at radius 1 is 1.16 bits per heavy atom. The number of hydrogen-bond donors (Lipinski definition) is 1. The van der Waals surface area contributed by atoms with Crippen LogP contribution in [0, 0.1) is 13.8 Å². The van der Waals surface area contributed by atoms with Crippen molar-refractivity contribution in [3.63, 3.8) is 0 Å². The lowest BCUT2D eigenvalue weighted by Crippen LogP contribution is -2.15. The summed E-state index contributed by atoms with van der Waals surface area (Å²) in [4.78, 5) is 4.34. The van der Waals surface area contributed by atoms with Crippen LogP contribution in [0.3, 0.4) is 0 Å². The molecule has 0 atom stereocenters. The van der Waals surface area contributed by atoms with Gasteiger partial charge in [0.25, 0.3) is 0 Å². The summed E-state index contributed by atoms with van der Waals surface area (Å²) in [6.45, 7) is 6.08. The number of nitrogens with one attached hydrogen (secondary N) is 1. The summed E-state index contributed by atoms with van der Waals surface area (Å²) in [5.41, 5.74) is 5.06. The first-order valence-corrected chi connectivity index (χ1v) is 7.02. The number of aromatic nitrogens is 2. The molecule has 1 fully saturated rings. The fourth-order valence-electron chi connectivity index (χ4n) is 2.21. The molecule has 3 rings (SSSR count). The molecule has 1 aliphatic carbocycles. The van der Waals surface area contributed by atoms with E-state index in [4.69, 9.17) is 0 Å². The van der Waals surface area contributed by atoms with Crippen LogP contribution in [0.2, 0.25) is 0 Å². The van der Waals surface area contributed by atoms with Gasteiger partial charge in [-0.1, -0.05) is 24.3 Å². The Morgan fingerprint density at radius 2 is 1.84 bits per heavy atom. The molecule has 3 nitrogen and oxygen atoms in total. The molecule has 0 radical (unpaired) electrons. The molecular formula is C16H21N3. The zero-order valence-electron chi connectivity index (χ0n) is 11.7. The number of imidazole rings is 1. The standard InChI is InChI=1S/C16H21N3/c1-12-13(2)19(11-18-12)10-15-5-3-14(4-6-15)9-17-16-7-8-16/h3-6,11,16-17H,7-10H2,1-2H3. The molecule has 1 saturated carbocycles. The Hall–Kier alpha value is -1.61. The zero-order chi connectivity index (χ0) is 13.2. The average molecular weight is 255 g/mol. The molecule has 1 heterocycles. The summed E-state index contributed by atoms with van der Waals surface area (Å²) in [7, 11) is 0. The Balaban J connectivity index is 1.63. The number of aryl methyl sites for hydroxylation is 1. The van der Waals surface area contributed by atoms with Gasteiger partial charge in [0.2, 0.25) is 0 Å². The highest BCUT2D eigenvalue weighted by atomic mass is 15.0. The second-order valence-electron chi connectivity index (χ2n) is 5.51. The van der Waals surface area contributed by atoms with Crippen molar-refractivity contribution in [1.29, 1.82) is 0 Å². The lowest BCUT2D eigenvalue weighted by Gasteiger charge is -2.07. The van der Waals surface area contributed by atoms with Crippen molar-refractivity contribution < 1.29 is 0 Å². The van der Waals surface area contributed by atoms with Gasteiger partial charge in [0.15, 0.2) is 0 Å². The van der Waals surface area contributed by atoms with Crippen LogP contribution in [0.1, 0.15) is 35.4 Å². The molecule has 0 saturated heterocycles. The van der Waals surface area contributed by atoms with Crippen molar-refractivity contribution in [2.45, 2.75) is 45.8 Å². The highest BCUT2D eigenvalue weighted by molar-refractivity contribution is 5.23. The van der Waals surface area contributed by atoms with Crippen molar-refractivity contribution in [1.82, 2.24) is 14.9 Å². The maximum Gasteiger partial charge on any atom is 0.0954 e. The van der Waals surface area contributed by atoms with Gasteiger partial charge in [-0.15, -0.1) is 0 Å². The summed E-state index contributed by atoms with van der Waals surface area (Å²) in [5.74, 6) is 0. The molecule has 0 unspecified atom stereocenters. The predicted octanol–water partition coefficient (Wildman–Crippen LogP) is 2.80. The van der Waals surface area contributed by atoms with Gasteiger partial charge in [-0.3, -0.25) is 0 Å². The molecular weight excluding hydrogens is 234 g/mol. The molecule has 2 aromatic rings. The van der Waals surface area contributed by atoms with Crippen LogP contribution in [0.4, 0.5) is 0 Å². The highest BCUT2D eigenvalue weighted by Gasteiger charge is 2.19. The molecule has 0 amide bonds. The van der Waals surface area contributed by atoms with Crippen molar-refractivity contribution in [3.05, 3.63) is 53.1 Å². The van der Waals surface area contributed by atoms with Crippen LogP contribution < -0.4 is 5.32 Å². The maximum absolute atomic E-state index is 4.34. The Kier molecular flexibility index (Phi) is 3.38. The first kappa shape index (κ1) is 12.4. The van der Waals surface area contributed by atoms with Gasteiger partial charge < -0.3 is 9.88 Å². The van der Waals surface area contributed by atoms with E-state index in [0.29, 0.717) is 0 Å². The molecule has 0 spiro atoms. The van der Waals surface area contributed by atoms with Gasteiger partial charge in [-0.2, -0.15) is 0 Å². The normalized spacial score (nSPS) is 14.8. The second-order valence-corrected chi connectivity index (χ2v) is 5.51. The molecule has 1 aliphatic rings. The minimum absolute atomic E-state index is 0.774. The summed E-state index contributed by atoms with van der Waals surface area (Å²) >= 11 is 0. The van der Waals surface area contributed by atoms with Crippen LogP contribution in [0.5, 0.6) is 0 Å². The van der Waals surface area contributed by atoms with E-state index in [0.717, 1.165) is 24.8 Å². The molecule has 1 aromatic carbocycles. The van der Waals surface area contributed by atoms with Gasteiger partial charge in [0.05, 0.1) is 12.0 Å². The van der Waals surface area contributed by atoms with E-state index in [2.05, 4.69) is 53.0 Å². The van der Waals surface area contributed by atoms with Gasteiger partial charge in [-0.05, 0) is 37.8 Å². The molecule has 0 bridgehead atoms. The zero-order valence-corrected chi connectivity index (χ0v) is 11.7. The topological polar surface area (TPSA) is 29.9 Å². The minimum atomic E-state index is 0.774. The SMILES string of the molecule is Cc1ncn(Cc2ccc(CNC3CC3)cc2)c1C. The third-order valence-corrected chi connectivity index (χ3v) is 3.89. The molecule has 3 heteroatoms. The van der Waals surface area contributed by atoms with E-state index in [1.54, 1.807) is 0 Å². The number of hydrogen-bond acceptors (Lipinski definition) is 2. The van der Waals surface area contributed by atoms with Crippen molar-refractivity contribution >= 4 is 0 Å². The second kappa shape index (κ2) is 5.17. The third-order valence-electron chi connectivity index (χ3n) is 3.89. The lowest BCUT2D eigenvalue weighted by atomic mass is 10.1. The summed E-state index contributed by atoms with van der Waals surface area (Å²) in [6.07, 6.45) is 4.61. The molecule has 0 aliphatic heterocycles. The smallest absolute Gasteiger partial charge is 0.0954 e. The Labute approximate surface area is 114 Å². The molecule has 1 N–H and O–H groups in total. The Morgan fingerprint density at radius 3 is 2.42 bits per heavy atom. The lowest BCUT2D eigenvalue weighted by molar-refractivity contribution is 0.687. The maximum atomic E-state index is 4.34. The number of benzene rings is 1. The third kappa shape index (κ3) is 3.04. The summed E-state index contributed by atoms with van der Waals surface area (Å²) < 4.78 is 2.20. The van der Waals surface area contributed by atoms with Crippen LogP contribution >= 0.6 is 0 Å². The highest BCUT2D eigenvalue weighted by Crippen LogP contribution is 2.19. The first-order chi connectivity index (χ1) is 9.22. The van der Waals surface area contributed by atoms with Crippen LogP contribution in [-0.2, 0) is 13.1 Å². The fourth-order valence-corrected chi connectivity index (χ4v) is 2.21. The average Bonchev–Trinajstić information content (AvgIpc) is 3.20. The monoisotopic (exact) mass is 255 g/mol. The van der Waals surface area contributed by atoms with Gasteiger partial charge in [0.1, 0.15) is 0 Å². The van der Waals surface area contributed by atoms with E-state index in [9.17, 15) is 0 Å². The van der Waals surface area contributed by atoms with Crippen LogP contribution in [-0.4, -0.2) is 15.6 Å². The molecule has 19 heavy (non-hydrogen) atoms. The van der Waals surface area contributed by atoms with E-state index in [1.165, 1.54) is 29.7 Å². The number of rotatable bonds is 5. The van der Waals surface area contributed by atoms with E-state index < -0.39 is 0 Å². The summed E-state index contributed by atoms with van der Waals surface area (Å²) in [6, 6.07) is 9.67. The van der Waals surface area contributed by atoms with Crippen LogP contribution in [0.15, 0.2) is 30.6 Å². The summed E-state index contributed by atoms with van der Waals surface area (Å²) in [5, 5.41) is 3.54. The molecule has 1 aromatic heterocycles. The predicted molar refractivity (Wildman–Crippen MR) is 77.1 cm³/mol. The van der Waals surface area contributed by atoms with E-state index in [-0.39, 0.29) is 0 Å². The quantitative estimate of drug-likeness (QED) is 0.890. The van der Waals surface area contributed by atoms with Crippen molar-refractivity contribution in [2.24, 2.45) is 0 Å². The number of nitrogens with zero attached hydrogens (tertiary/aromatic N) is 2. The van der Waals surface area contributed by atoms with Gasteiger partial charge in [0, 0.05) is 24.8 Å². The minimum Gasteiger partial charge on any atom is -0.330 e. The van der Waals surface area contributed by atoms with Crippen molar-refractivity contribution in [2.75, 3.05) is 0 Å². The molecule has 100 valence electrons. The van der Waals surface area contributed by atoms with Crippen LogP contribution in [0.25, 0.3) is 0 Å². The van der Waals surface area contributed by atoms with Gasteiger partial charge >= 0.3 is 0 Å².